The molecule has 0 aromatic heterocycles. The van der Waals surface area contributed by atoms with Crippen LogP contribution in [0.25, 0.3) is 0 Å². The minimum absolute atomic E-state index is 0.0154. The second-order valence-corrected chi connectivity index (χ2v) is 9.73. The van der Waals surface area contributed by atoms with E-state index in [4.69, 9.17) is 19.9 Å². The summed E-state index contributed by atoms with van der Waals surface area (Å²) in [6, 6.07) is -1.34. The summed E-state index contributed by atoms with van der Waals surface area (Å²) in [7, 11) is 1.67. The van der Waals surface area contributed by atoms with Crippen molar-refractivity contribution in [2.75, 3.05) is 13.7 Å². The Balaban J connectivity index is 1.71. The van der Waals surface area contributed by atoms with Crippen LogP contribution in [-0.2, 0) is 19.0 Å². The van der Waals surface area contributed by atoms with Gasteiger partial charge in [-0.1, -0.05) is 25.5 Å². The number of hydrogen-bond donors (Lipinski definition) is 3. The van der Waals surface area contributed by atoms with Crippen molar-refractivity contribution in [3.8, 4) is 0 Å². The van der Waals surface area contributed by atoms with Crippen LogP contribution >= 0.6 is 0 Å². The van der Waals surface area contributed by atoms with Crippen LogP contribution < -0.4 is 16.4 Å². The number of urea groups is 1. The first-order chi connectivity index (χ1) is 14.0. The predicted molar refractivity (Wildman–Crippen MR) is 113 cm³/mol. The molecule has 8 heteroatoms. The molecule has 2 aliphatic heterocycles. The fourth-order valence-corrected chi connectivity index (χ4v) is 5.06. The van der Waals surface area contributed by atoms with Gasteiger partial charge in [-0.15, -0.1) is 0 Å². The predicted octanol–water partition coefficient (Wildman–Crippen LogP) is 1.87. The fourth-order valence-electron chi connectivity index (χ4n) is 5.06. The molecule has 3 amide bonds. The number of nitrogens with two attached hydrogens (primary N) is 1. The lowest BCUT2D eigenvalue weighted by atomic mass is 9.67. The van der Waals surface area contributed by atoms with Gasteiger partial charge in [-0.05, 0) is 46.0 Å². The van der Waals surface area contributed by atoms with Crippen molar-refractivity contribution in [1.29, 1.82) is 0 Å². The van der Waals surface area contributed by atoms with E-state index in [-0.39, 0.29) is 41.3 Å². The van der Waals surface area contributed by atoms with Gasteiger partial charge in [0.25, 0.3) is 0 Å². The molecule has 1 saturated carbocycles. The second kappa shape index (κ2) is 8.48. The summed E-state index contributed by atoms with van der Waals surface area (Å²) < 4.78 is 18.1. The highest BCUT2D eigenvalue weighted by Gasteiger charge is 2.71. The van der Waals surface area contributed by atoms with E-state index < -0.39 is 18.0 Å². The summed E-state index contributed by atoms with van der Waals surface area (Å²) in [5.41, 5.74) is 6.10. The number of allylic oxidation sites excluding steroid dienone is 1. The van der Waals surface area contributed by atoms with E-state index in [9.17, 15) is 9.59 Å². The molecule has 30 heavy (non-hydrogen) atoms. The van der Waals surface area contributed by atoms with Gasteiger partial charge in [0, 0.05) is 13.0 Å². The summed E-state index contributed by atoms with van der Waals surface area (Å²) in [5.74, 6) is -0.624. The average molecular weight is 424 g/mol. The second-order valence-electron chi connectivity index (χ2n) is 9.73. The molecule has 2 saturated heterocycles. The van der Waals surface area contributed by atoms with Gasteiger partial charge in [-0.2, -0.15) is 0 Å². The number of epoxide rings is 2. The summed E-state index contributed by atoms with van der Waals surface area (Å²) in [6.45, 7) is 10.7. The van der Waals surface area contributed by atoms with Crippen molar-refractivity contribution in [3.05, 3.63) is 11.6 Å². The Kier molecular flexibility index (Phi) is 6.51. The van der Waals surface area contributed by atoms with Gasteiger partial charge in [0.05, 0.1) is 30.5 Å². The molecular weight excluding hydrogens is 386 g/mol. The van der Waals surface area contributed by atoms with Gasteiger partial charge in [0.15, 0.2) is 0 Å². The van der Waals surface area contributed by atoms with Gasteiger partial charge in [-0.3, -0.25) is 4.79 Å². The van der Waals surface area contributed by atoms with Crippen LogP contribution in [-0.4, -0.2) is 61.1 Å². The molecule has 0 aromatic carbocycles. The lowest BCUT2D eigenvalue weighted by Gasteiger charge is -2.43. The van der Waals surface area contributed by atoms with E-state index in [0.29, 0.717) is 6.61 Å². The van der Waals surface area contributed by atoms with Gasteiger partial charge in [-0.25, -0.2) is 4.79 Å². The summed E-state index contributed by atoms with van der Waals surface area (Å²) in [4.78, 5) is 24.3. The Labute approximate surface area is 179 Å². The topological polar surface area (TPSA) is 119 Å². The van der Waals surface area contributed by atoms with Crippen molar-refractivity contribution in [1.82, 2.24) is 10.6 Å². The maximum Gasteiger partial charge on any atom is 0.315 e. The molecule has 0 radical (unpaired) electrons. The molecule has 0 aromatic rings. The number of methoxy groups -OCH3 is 1. The molecule has 1 aliphatic carbocycles. The van der Waals surface area contributed by atoms with Crippen LogP contribution in [0.3, 0.4) is 0 Å². The van der Waals surface area contributed by atoms with E-state index >= 15 is 0 Å². The maximum absolute atomic E-state index is 12.6. The summed E-state index contributed by atoms with van der Waals surface area (Å²) in [5, 5.41) is 5.72. The number of carbonyl (C=O) groups is 2. The van der Waals surface area contributed by atoms with Crippen LogP contribution in [0, 0.1) is 11.8 Å². The van der Waals surface area contributed by atoms with Gasteiger partial charge in [0.2, 0.25) is 5.91 Å². The lowest BCUT2D eigenvalue weighted by Crippen LogP contribution is -2.61. The van der Waals surface area contributed by atoms with Crippen molar-refractivity contribution >= 4 is 11.9 Å². The fraction of sp³-hybridized carbons (Fsp3) is 0.818. The zero-order valence-electron chi connectivity index (χ0n) is 19.0. The normalized spacial score (nSPS) is 38.1. The molecule has 3 fully saturated rings. The standard InChI is InChI=1S/C22H37N3O5/c1-12(2)7-8-15-21(5,30-15)18-17(28-6)14(9-10-22(18)11-29-22)24-20(27)25-16(13(3)4)19(23)26/h7,13-18H,8-11H2,1-6H3,(H2,23,26)(H2,24,25,27)/t14-,15-,16-,17-,18-,21?,22+/m1/s1. The maximum atomic E-state index is 12.6. The SMILES string of the molecule is CO[C@H]1[C@H](C2(C)O[C@@H]2CC=C(C)C)[C@]2(CC[C@H]1NC(=O)N[C@@H](C(N)=O)C(C)C)CO2. The Hall–Kier alpha value is -1.64. The molecular formula is C22H37N3O5. The minimum atomic E-state index is -0.721. The van der Waals surface area contributed by atoms with Crippen molar-refractivity contribution in [2.24, 2.45) is 17.6 Å². The molecule has 7 atom stereocenters. The van der Waals surface area contributed by atoms with Crippen molar-refractivity contribution in [3.63, 3.8) is 0 Å². The first kappa shape index (κ1) is 23.0. The molecule has 0 bridgehead atoms. The highest BCUT2D eigenvalue weighted by atomic mass is 16.6. The van der Waals surface area contributed by atoms with Crippen LogP contribution in [0.2, 0.25) is 0 Å². The molecule has 8 nitrogen and oxygen atoms in total. The lowest BCUT2D eigenvalue weighted by molar-refractivity contribution is -0.120. The smallest absolute Gasteiger partial charge is 0.315 e. The van der Waals surface area contributed by atoms with Crippen molar-refractivity contribution < 1.29 is 23.8 Å². The number of amides is 3. The van der Waals surface area contributed by atoms with Gasteiger partial charge < -0.3 is 30.6 Å². The Morgan fingerprint density at radius 2 is 2.00 bits per heavy atom. The van der Waals surface area contributed by atoms with E-state index in [0.717, 1.165) is 19.3 Å². The van der Waals surface area contributed by atoms with E-state index in [2.05, 4.69) is 37.5 Å². The third-order valence-electron chi connectivity index (χ3n) is 6.87. The first-order valence-corrected chi connectivity index (χ1v) is 10.9. The monoisotopic (exact) mass is 423 g/mol. The van der Waals surface area contributed by atoms with Crippen LogP contribution in [0.5, 0.6) is 0 Å². The van der Waals surface area contributed by atoms with E-state index in [1.165, 1.54) is 5.57 Å². The average Bonchev–Trinajstić information content (AvgIpc) is 3.56. The molecule has 170 valence electrons. The van der Waals surface area contributed by atoms with E-state index in [1.807, 2.05) is 13.8 Å². The first-order valence-electron chi connectivity index (χ1n) is 10.9. The summed E-state index contributed by atoms with van der Waals surface area (Å²) >= 11 is 0. The Morgan fingerprint density at radius 1 is 1.33 bits per heavy atom. The zero-order valence-corrected chi connectivity index (χ0v) is 19.0. The number of primary amides is 1. The molecule has 4 N–H and O–H groups in total. The van der Waals surface area contributed by atoms with Crippen LogP contribution in [0.4, 0.5) is 4.79 Å². The third kappa shape index (κ3) is 4.50. The molecule has 1 spiro atoms. The van der Waals surface area contributed by atoms with Gasteiger partial charge >= 0.3 is 6.03 Å². The minimum Gasteiger partial charge on any atom is -0.379 e. The quantitative estimate of drug-likeness (QED) is 0.407. The number of carbonyl (C=O) groups excluding carboxylic acids is 2. The Morgan fingerprint density at radius 3 is 2.50 bits per heavy atom. The van der Waals surface area contributed by atoms with Crippen LogP contribution in [0.1, 0.15) is 53.9 Å². The molecule has 3 rings (SSSR count). The highest BCUT2D eigenvalue weighted by molar-refractivity contribution is 5.86. The largest absolute Gasteiger partial charge is 0.379 e. The number of rotatable bonds is 8. The van der Waals surface area contributed by atoms with Gasteiger partial charge in [0.1, 0.15) is 11.6 Å². The van der Waals surface area contributed by atoms with Crippen molar-refractivity contribution in [2.45, 2.75) is 89.4 Å². The Bertz CT molecular complexity index is 701. The number of nitrogens with one attached hydrogen (secondary N) is 2. The number of hydrogen-bond acceptors (Lipinski definition) is 5. The number of ether oxygens (including phenoxy) is 3. The zero-order chi connectivity index (χ0) is 22.3. The molecule has 3 aliphatic rings. The van der Waals surface area contributed by atoms with Crippen LogP contribution in [0.15, 0.2) is 11.6 Å². The van der Waals surface area contributed by atoms with E-state index in [1.54, 1.807) is 7.11 Å². The third-order valence-corrected chi connectivity index (χ3v) is 6.87. The molecule has 2 heterocycles. The highest BCUT2D eigenvalue weighted by Crippen LogP contribution is 2.59. The molecule has 1 unspecified atom stereocenters. The summed E-state index contributed by atoms with van der Waals surface area (Å²) in [6.07, 6.45) is 4.48.